The topological polar surface area (TPSA) is 105 Å². The van der Waals surface area contributed by atoms with Crippen LogP contribution in [-0.4, -0.2) is 45.4 Å². The maximum atomic E-state index is 11.9. The first-order chi connectivity index (χ1) is 7.59. The maximum Gasteiger partial charge on any atom is 0.280 e. The number of likely N-dealkylation sites (tertiary alicyclic amines) is 1. The van der Waals surface area contributed by atoms with Gasteiger partial charge in [0.05, 0.1) is 6.10 Å². The number of carbonyl (C=O) groups excluding carboxylic acids is 1. The van der Waals surface area contributed by atoms with Crippen LogP contribution in [0.3, 0.4) is 0 Å². The fraction of sp³-hybridized carbons (Fsp3) is 0.667. The molecule has 0 aliphatic carbocycles. The van der Waals surface area contributed by atoms with E-state index in [0.29, 0.717) is 13.1 Å². The van der Waals surface area contributed by atoms with Crippen molar-refractivity contribution in [3.8, 4) is 0 Å². The number of amides is 1. The van der Waals surface area contributed by atoms with E-state index in [9.17, 15) is 9.90 Å². The van der Waals surface area contributed by atoms with Crippen LogP contribution in [0.25, 0.3) is 0 Å². The Kier molecular flexibility index (Phi) is 2.78. The molecule has 1 aliphatic rings. The van der Waals surface area contributed by atoms with E-state index in [1.165, 1.54) is 4.90 Å². The average molecular weight is 226 g/mol. The van der Waals surface area contributed by atoms with Gasteiger partial charge in [-0.25, -0.2) is 4.63 Å². The Morgan fingerprint density at radius 3 is 2.94 bits per heavy atom. The molecule has 0 radical (unpaired) electrons. The number of aliphatic hydroxyl groups excluding tert-OH is 1. The zero-order valence-electron chi connectivity index (χ0n) is 8.96. The van der Waals surface area contributed by atoms with Gasteiger partial charge in [-0.15, -0.1) is 0 Å². The molecule has 7 nitrogen and oxygen atoms in total. The minimum atomic E-state index is -0.501. The fourth-order valence-electron chi connectivity index (χ4n) is 1.73. The van der Waals surface area contributed by atoms with E-state index in [0.717, 1.165) is 6.42 Å². The molecule has 2 rings (SSSR count). The smallest absolute Gasteiger partial charge is 0.280 e. The van der Waals surface area contributed by atoms with Crippen LogP contribution in [0.1, 0.15) is 23.8 Å². The standard InChI is InChI=1S/C9H14N4O3/c1-5-2-3-13(4-6(5)14)9(15)7-8(10)12-16-11-7/h5-6,14H,2-4H2,1H3,(H2,10,12). The number of hydrogen-bond acceptors (Lipinski definition) is 6. The summed E-state index contributed by atoms with van der Waals surface area (Å²) in [7, 11) is 0. The van der Waals surface area contributed by atoms with E-state index >= 15 is 0 Å². The number of β-amino-alcohol motifs (C(OH)–C–C–N with tert-alkyl or cyclic N) is 1. The quantitative estimate of drug-likeness (QED) is 0.668. The van der Waals surface area contributed by atoms with E-state index < -0.39 is 6.10 Å². The number of rotatable bonds is 1. The molecule has 0 bridgehead atoms. The second-order valence-electron chi connectivity index (χ2n) is 4.08. The number of nitrogens with zero attached hydrogens (tertiary/aromatic N) is 3. The van der Waals surface area contributed by atoms with Crippen molar-refractivity contribution in [3.63, 3.8) is 0 Å². The molecule has 0 aromatic carbocycles. The molecule has 1 aromatic rings. The Bertz CT molecular complexity index is 392. The highest BCUT2D eigenvalue weighted by atomic mass is 16.6. The lowest BCUT2D eigenvalue weighted by Gasteiger charge is -2.33. The van der Waals surface area contributed by atoms with Crippen LogP contribution in [0, 0.1) is 5.92 Å². The van der Waals surface area contributed by atoms with Gasteiger partial charge in [-0.05, 0) is 22.7 Å². The minimum absolute atomic E-state index is 0.0155. The van der Waals surface area contributed by atoms with Gasteiger partial charge in [0.15, 0.2) is 0 Å². The molecule has 1 aromatic heterocycles. The van der Waals surface area contributed by atoms with Crippen LogP contribution >= 0.6 is 0 Å². The van der Waals surface area contributed by atoms with Crippen LogP contribution in [0.4, 0.5) is 5.82 Å². The van der Waals surface area contributed by atoms with Crippen molar-refractivity contribution in [2.75, 3.05) is 18.8 Å². The van der Waals surface area contributed by atoms with Crippen molar-refractivity contribution in [1.29, 1.82) is 0 Å². The number of nitrogens with two attached hydrogens (primary N) is 1. The number of aliphatic hydroxyl groups is 1. The van der Waals surface area contributed by atoms with Crippen molar-refractivity contribution < 1.29 is 14.5 Å². The molecule has 1 fully saturated rings. The summed E-state index contributed by atoms with van der Waals surface area (Å²) in [5.41, 5.74) is 5.45. The minimum Gasteiger partial charge on any atom is -0.391 e. The van der Waals surface area contributed by atoms with Gasteiger partial charge in [0.1, 0.15) is 0 Å². The SMILES string of the molecule is CC1CCN(C(=O)c2nonc2N)CC1O. The van der Waals surface area contributed by atoms with Crippen molar-refractivity contribution in [2.24, 2.45) is 5.92 Å². The third-order valence-corrected chi connectivity index (χ3v) is 2.92. The van der Waals surface area contributed by atoms with Crippen molar-refractivity contribution in [2.45, 2.75) is 19.4 Å². The van der Waals surface area contributed by atoms with Gasteiger partial charge >= 0.3 is 0 Å². The molecule has 0 spiro atoms. The second-order valence-corrected chi connectivity index (χ2v) is 4.08. The highest BCUT2D eigenvalue weighted by Gasteiger charge is 2.30. The molecule has 1 saturated heterocycles. The molecule has 1 amide bonds. The van der Waals surface area contributed by atoms with Crippen molar-refractivity contribution >= 4 is 11.7 Å². The maximum absolute atomic E-state index is 11.9. The van der Waals surface area contributed by atoms with Gasteiger partial charge in [-0.2, -0.15) is 0 Å². The first kappa shape index (κ1) is 10.9. The second kappa shape index (κ2) is 4.09. The summed E-state index contributed by atoms with van der Waals surface area (Å²) < 4.78 is 4.37. The zero-order chi connectivity index (χ0) is 11.7. The van der Waals surface area contributed by atoms with Crippen LogP contribution in [-0.2, 0) is 0 Å². The molecule has 2 atom stereocenters. The van der Waals surface area contributed by atoms with E-state index in [1.807, 2.05) is 6.92 Å². The van der Waals surface area contributed by atoms with Crippen LogP contribution in [0.15, 0.2) is 4.63 Å². The third-order valence-electron chi connectivity index (χ3n) is 2.92. The molecule has 1 aliphatic heterocycles. The molecule has 88 valence electrons. The predicted octanol–water partition coefficient (Wildman–Crippen LogP) is -0.505. The Labute approximate surface area is 92.2 Å². The molecule has 0 saturated carbocycles. The predicted molar refractivity (Wildman–Crippen MR) is 54.4 cm³/mol. The Balaban J connectivity index is 2.09. The van der Waals surface area contributed by atoms with Gasteiger partial charge in [0.25, 0.3) is 5.91 Å². The Morgan fingerprint density at radius 1 is 1.62 bits per heavy atom. The molecule has 2 heterocycles. The normalized spacial score (nSPS) is 25.8. The molecule has 16 heavy (non-hydrogen) atoms. The fourth-order valence-corrected chi connectivity index (χ4v) is 1.73. The summed E-state index contributed by atoms with van der Waals surface area (Å²) in [5.74, 6) is -0.153. The summed E-state index contributed by atoms with van der Waals surface area (Å²) in [6, 6.07) is 0. The summed E-state index contributed by atoms with van der Waals surface area (Å²) in [5, 5.41) is 16.5. The summed E-state index contributed by atoms with van der Waals surface area (Å²) >= 11 is 0. The van der Waals surface area contributed by atoms with Gasteiger partial charge in [-0.3, -0.25) is 4.79 Å². The number of nitrogen functional groups attached to an aromatic ring is 1. The first-order valence-electron chi connectivity index (χ1n) is 5.15. The Morgan fingerprint density at radius 2 is 2.38 bits per heavy atom. The van der Waals surface area contributed by atoms with Gasteiger partial charge in [0.2, 0.25) is 11.5 Å². The highest BCUT2D eigenvalue weighted by molar-refractivity contribution is 5.96. The molecular formula is C9H14N4O3. The van der Waals surface area contributed by atoms with Crippen LogP contribution in [0.2, 0.25) is 0 Å². The Hall–Kier alpha value is -1.63. The number of aromatic nitrogens is 2. The molecule has 2 unspecified atom stereocenters. The number of hydrogen-bond donors (Lipinski definition) is 2. The lowest BCUT2D eigenvalue weighted by Crippen LogP contribution is -2.46. The number of anilines is 1. The van der Waals surface area contributed by atoms with Crippen molar-refractivity contribution in [1.82, 2.24) is 15.2 Å². The number of carbonyl (C=O) groups is 1. The van der Waals surface area contributed by atoms with Crippen LogP contribution in [0.5, 0.6) is 0 Å². The monoisotopic (exact) mass is 226 g/mol. The summed E-state index contributed by atoms with van der Waals surface area (Å²) in [6.07, 6.45) is 0.261. The highest BCUT2D eigenvalue weighted by Crippen LogP contribution is 2.19. The van der Waals surface area contributed by atoms with E-state index in [1.54, 1.807) is 0 Å². The van der Waals surface area contributed by atoms with E-state index in [2.05, 4.69) is 14.9 Å². The van der Waals surface area contributed by atoms with E-state index in [-0.39, 0.29) is 23.3 Å². The first-order valence-corrected chi connectivity index (χ1v) is 5.15. The van der Waals surface area contributed by atoms with Gasteiger partial charge < -0.3 is 15.7 Å². The van der Waals surface area contributed by atoms with Crippen LogP contribution < -0.4 is 5.73 Å². The van der Waals surface area contributed by atoms with Gasteiger partial charge in [-0.1, -0.05) is 6.92 Å². The third kappa shape index (κ3) is 1.85. The number of piperidine rings is 1. The zero-order valence-corrected chi connectivity index (χ0v) is 8.96. The molecule has 7 heteroatoms. The lowest BCUT2D eigenvalue weighted by atomic mass is 9.96. The summed E-state index contributed by atoms with van der Waals surface area (Å²) in [6.45, 7) is 2.84. The largest absolute Gasteiger partial charge is 0.391 e. The van der Waals surface area contributed by atoms with Gasteiger partial charge in [0, 0.05) is 13.1 Å². The van der Waals surface area contributed by atoms with E-state index in [4.69, 9.17) is 5.73 Å². The molecule has 3 N–H and O–H groups in total. The van der Waals surface area contributed by atoms with Crippen molar-refractivity contribution in [3.05, 3.63) is 5.69 Å². The average Bonchev–Trinajstić information content (AvgIpc) is 2.67. The summed E-state index contributed by atoms with van der Waals surface area (Å²) in [4.78, 5) is 13.4. The molecular weight excluding hydrogens is 212 g/mol. The lowest BCUT2D eigenvalue weighted by molar-refractivity contribution is 0.0243.